The highest BCUT2D eigenvalue weighted by Crippen LogP contribution is 2.07. The van der Waals surface area contributed by atoms with Gasteiger partial charge in [-0.25, -0.2) is 4.68 Å². The monoisotopic (exact) mass is 227 g/mol. The van der Waals surface area contributed by atoms with Gasteiger partial charge in [0.2, 0.25) is 0 Å². The Morgan fingerprint density at radius 2 is 2.13 bits per heavy atom. The van der Waals surface area contributed by atoms with Crippen LogP contribution in [0.2, 0.25) is 0 Å². The SMILES string of the molecule is CCN(CC)c1cnn(CCS)c(=O)c1. The fraction of sp³-hybridized carbons (Fsp3) is 0.600. The van der Waals surface area contributed by atoms with Gasteiger partial charge in [-0.3, -0.25) is 4.79 Å². The van der Waals surface area contributed by atoms with Crippen LogP contribution in [-0.4, -0.2) is 28.6 Å². The molecular formula is C10H17N3OS. The number of aryl methyl sites for hydroxylation is 1. The summed E-state index contributed by atoms with van der Waals surface area (Å²) in [6.45, 7) is 6.44. The third-order valence-electron chi connectivity index (χ3n) is 2.30. The van der Waals surface area contributed by atoms with E-state index >= 15 is 0 Å². The lowest BCUT2D eigenvalue weighted by Crippen LogP contribution is -2.28. The van der Waals surface area contributed by atoms with Gasteiger partial charge in [0.15, 0.2) is 0 Å². The molecule has 0 saturated heterocycles. The van der Waals surface area contributed by atoms with Crippen LogP contribution in [0.15, 0.2) is 17.1 Å². The van der Waals surface area contributed by atoms with E-state index in [-0.39, 0.29) is 5.56 Å². The zero-order chi connectivity index (χ0) is 11.3. The molecule has 1 aromatic heterocycles. The number of aromatic nitrogens is 2. The Bertz CT molecular complexity index is 360. The molecule has 0 fully saturated rings. The maximum atomic E-state index is 11.6. The predicted octanol–water partition coefficient (Wildman–Crippen LogP) is 1.02. The van der Waals surface area contributed by atoms with Crippen molar-refractivity contribution < 1.29 is 0 Å². The van der Waals surface area contributed by atoms with Gasteiger partial charge in [-0.2, -0.15) is 17.7 Å². The van der Waals surface area contributed by atoms with Gasteiger partial charge in [-0.1, -0.05) is 0 Å². The highest BCUT2D eigenvalue weighted by molar-refractivity contribution is 7.80. The van der Waals surface area contributed by atoms with Gasteiger partial charge >= 0.3 is 0 Å². The second-order valence-corrected chi connectivity index (χ2v) is 3.62. The highest BCUT2D eigenvalue weighted by Gasteiger charge is 2.04. The zero-order valence-electron chi connectivity index (χ0n) is 9.18. The minimum absolute atomic E-state index is 0.0616. The van der Waals surface area contributed by atoms with E-state index in [1.54, 1.807) is 12.3 Å². The second-order valence-electron chi connectivity index (χ2n) is 3.17. The molecule has 0 N–H and O–H groups in total. The third-order valence-corrected chi connectivity index (χ3v) is 2.50. The van der Waals surface area contributed by atoms with Gasteiger partial charge in [0, 0.05) is 24.9 Å². The highest BCUT2D eigenvalue weighted by atomic mass is 32.1. The average Bonchev–Trinajstić information content (AvgIpc) is 2.24. The molecule has 0 saturated carbocycles. The van der Waals surface area contributed by atoms with E-state index in [0.29, 0.717) is 12.3 Å². The Balaban J connectivity index is 2.95. The normalized spacial score (nSPS) is 10.3. The molecule has 1 heterocycles. The number of rotatable bonds is 5. The first kappa shape index (κ1) is 12.1. The van der Waals surface area contributed by atoms with Crippen molar-refractivity contribution in [1.29, 1.82) is 0 Å². The van der Waals surface area contributed by atoms with Crippen molar-refractivity contribution in [3.05, 3.63) is 22.6 Å². The van der Waals surface area contributed by atoms with Crippen LogP contribution >= 0.6 is 12.6 Å². The summed E-state index contributed by atoms with van der Waals surface area (Å²) in [6, 6.07) is 1.63. The van der Waals surface area contributed by atoms with Gasteiger partial charge < -0.3 is 4.90 Å². The summed E-state index contributed by atoms with van der Waals surface area (Å²) in [5, 5.41) is 4.10. The summed E-state index contributed by atoms with van der Waals surface area (Å²) in [7, 11) is 0. The zero-order valence-corrected chi connectivity index (χ0v) is 10.1. The van der Waals surface area contributed by atoms with Gasteiger partial charge in [0.25, 0.3) is 5.56 Å². The molecule has 0 aliphatic carbocycles. The van der Waals surface area contributed by atoms with E-state index in [1.807, 2.05) is 0 Å². The van der Waals surface area contributed by atoms with Gasteiger partial charge in [-0.15, -0.1) is 0 Å². The van der Waals surface area contributed by atoms with Crippen LogP contribution in [0.3, 0.4) is 0 Å². The molecule has 4 nitrogen and oxygen atoms in total. The van der Waals surface area contributed by atoms with Crippen LogP contribution in [0.5, 0.6) is 0 Å². The number of nitrogens with zero attached hydrogens (tertiary/aromatic N) is 3. The molecule has 84 valence electrons. The van der Waals surface area contributed by atoms with E-state index in [0.717, 1.165) is 18.8 Å². The second kappa shape index (κ2) is 5.80. The number of hydrogen-bond acceptors (Lipinski definition) is 4. The van der Waals surface area contributed by atoms with Gasteiger partial charge in [0.1, 0.15) is 0 Å². The molecule has 0 unspecified atom stereocenters. The molecule has 0 spiro atoms. The van der Waals surface area contributed by atoms with Crippen molar-refractivity contribution in [1.82, 2.24) is 9.78 Å². The predicted molar refractivity (Wildman–Crippen MR) is 65.9 cm³/mol. The van der Waals surface area contributed by atoms with Crippen LogP contribution in [0.1, 0.15) is 13.8 Å². The van der Waals surface area contributed by atoms with E-state index in [9.17, 15) is 4.79 Å². The van der Waals surface area contributed by atoms with Crippen molar-refractivity contribution in [3.8, 4) is 0 Å². The van der Waals surface area contributed by atoms with E-state index in [4.69, 9.17) is 0 Å². The topological polar surface area (TPSA) is 38.1 Å². The molecule has 0 aliphatic rings. The Morgan fingerprint density at radius 1 is 1.47 bits per heavy atom. The average molecular weight is 227 g/mol. The van der Waals surface area contributed by atoms with Crippen LogP contribution in [-0.2, 0) is 6.54 Å². The smallest absolute Gasteiger partial charge is 0.268 e. The maximum absolute atomic E-state index is 11.6. The van der Waals surface area contributed by atoms with Crippen molar-refractivity contribution >= 4 is 18.3 Å². The Hall–Kier alpha value is -0.970. The van der Waals surface area contributed by atoms with Crippen LogP contribution < -0.4 is 10.5 Å². The Labute approximate surface area is 95.3 Å². The third kappa shape index (κ3) is 2.99. The molecule has 0 radical (unpaired) electrons. The Kier molecular flexibility index (Phi) is 4.68. The number of anilines is 1. The van der Waals surface area contributed by atoms with E-state index in [1.165, 1.54) is 4.68 Å². The van der Waals surface area contributed by atoms with Gasteiger partial charge in [0.05, 0.1) is 18.4 Å². The molecular weight excluding hydrogens is 210 g/mol. The molecule has 1 rings (SSSR count). The van der Waals surface area contributed by atoms with Crippen molar-refractivity contribution in [2.45, 2.75) is 20.4 Å². The lowest BCUT2D eigenvalue weighted by Gasteiger charge is -2.20. The summed E-state index contributed by atoms with van der Waals surface area (Å²) in [5.41, 5.74) is 0.828. The molecule has 1 aromatic rings. The first-order valence-corrected chi connectivity index (χ1v) is 5.79. The largest absolute Gasteiger partial charge is 0.371 e. The first-order chi connectivity index (χ1) is 7.22. The summed E-state index contributed by atoms with van der Waals surface area (Å²) in [6.07, 6.45) is 1.73. The molecule has 0 amide bonds. The summed E-state index contributed by atoms with van der Waals surface area (Å²) in [4.78, 5) is 13.7. The summed E-state index contributed by atoms with van der Waals surface area (Å²) in [5.74, 6) is 0.623. The fourth-order valence-electron chi connectivity index (χ4n) is 1.45. The lowest BCUT2D eigenvalue weighted by atomic mass is 10.4. The van der Waals surface area contributed by atoms with Crippen LogP contribution in [0.25, 0.3) is 0 Å². The number of thiol groups is 1. The van der Waals surface area contributed by atoms with Gasteiger partial charge in [-0.05, 0) is 13.8 Å². The minimum Gasteiger partial charge on any atom is -0.371 e. The number of hydrogen-bond donors (Lipinski definition) is 1. The Morgan fingerprint density at radius 3 is 2.60 bits per heavy atom. The van der Waals surface area contributed by atoms with Crippen molar-refractivity contribution in [2.24, 2.45) is 0 Å². The molecule has 0 aliphatic heterocycles. The fourth-order valence-corrected chi connectivity index (χ4v) is 1.64. The molecule has 5 heteroatoms. The molecule has 0 atom stereocenters. The van der Waals surface area contributed by atoms with E-state index < -0.39 is 0 Å². The first-order valence-electron chi connectivity index (χ1n) is 5.15. The summed E-state index contributed by atoms with van der Waals surface area (Å²) < 4.78 is 1.43. The quantitative estimate of drug-likeness (QED) is 0.763. The lowest BCUT2D eigenvalue weighted by molar-refractivity contribution is 0.620. The molecule has 0 bridgehead atoms. The molecule has 0 aromatic carbocycles. The maximum Gasteiger partial charge on any atom is 0.268 e. The summed E-state index contributed by atoms with van der Waals surface area (Å²) >= 11 is 4.07. The van der Waals surface area contributed by atoms with Crippen molar-refractivity contribution in [3.63, 3.8) is 0 Å². The van der Waals surface area contributed by atoms with Crippen LogP contribution in [0, 0.1) is 0 Å². The van der Waals surface area contributed by atoms with Crippen LogP contribution in [0.4, 0.5) is 5.69 Å². The standard InChI is InChI=1S/C10H17N3OS/c1-3-12(4-2)9-7-10(14)13(5-6-15)11-8-9/h7-8,15H,3-6H2,1-2H3. The minimum atomic E-state index is -0.0616. The van der Waals surface area contributed by atoms with E-state index in [2.05, 4.69) is 36.5 Å². The van der Waals surface area contributed by atoms with Crippen molar-refractivity contribution in [2.75, 3.05) is 23.7 Å². The molecule has 15 heavy (non-hydrogen) atoms.